The molecule has 0 bridgehead atoms. The Labute approximate surface area is 163 Å². The summed E-state index contributed by atoms with van der Waals surface area (Å²) < 4.78 is 45.5. The standard InChI is InChI=1S/C19H22FN3O4S/c1-27-16-6-4-5-15(13-16)22-9-11-23(12-10-22)19(24)14-21-28(25,26)18-8-3-2-7-17(18)20/h2-8,13,21H,9-12,14H2,1H3. The van der Waals surface area contributed by atoms with Crippen LogP contribution in [0.1, 0.15) is 0 Å². The predicted octanol–water partition coefficient (Wildman–Crippen LogP) is 1.46. The van der Waals surface area contributed by atoms with Crippen LogP contribution in [0.4, 0.5) is 10.1 Å². The largest absolute Gasteiger partial charge is 0.497 e. The van der Waals surface area contributed by atoms with Crippen molar-refractivity contribution >= 4 is 21.6 Å². The molecule has 7 nitrogen and oxygen atoms in total. The van der Waals surface area contributed by atoms with Crippen molar-refractivity contribution in [2.75, 3.05) is 44.7 Å². The van der Waals surface area contributed by atoms with E-state index in [1.165, 1.54) is 12.1 Å². The first-order valence-corrected chi connectivity index (χ1v) is 10.3. The van der Waals surface area contributed by atoms with Crippen molar-refractivity contribution in [3.63, 3.8) is 0 Å². The quantitative estimate of drug-likeness (QED) is 0.785. The van der Waals surface area contributed by atoms with Gasteiger partial charge in [0.2, 0.25) is 15.9 Å². The molecule has 0 radical (unpaired) electrons. The van der Waals surface area contributed by atoms with Gasteiger partial charge in [-0.3, -0.25) is 4.79 Å². The molecule has 0 atom stereocenters. The van der Waals surface area contributed by atoms with Crippen LogP contribution < -0.4 is 14.4 Å². The molecule has 1 aliphatic heterocycles. The number of piperazine rings is 1. The second-order valence-electron chi connectivity index (χ2n) is 6.32. The van der Waals surface area contributed by atoms with Crippen molar-refractivity contribution in [1.82, 2.24) is 9.62 Å². The third-order valence-electron chi connectivity index (χ3n) is 4.59. The molecule has 1 heterocycles. The van der Waals surface area contributed by atoms with Crippen LogP contribution in [0.3, 0.4) is 0 Å². The minimum absolute atomic E-state index is 0.342. The molecule has 1 aliphatic rings. The van der Waals surface area contributed by atoms with Crippen LogP contribution in [0, 0.1) is 5.82 Å². The lowest BCUT2D eigenvalue weighted by Crippen LogP contribution is -2.51. The summed E-state index contributed by atoms with van der Waals surface area (Å²) in [6, 6.07) is 12.7. The van der Waals surface area contributed by atoms with Crippen LogP contribution in [-0.2, 0) is 14.8 Å². The van der Waals surface area contributed by atoms with Crippen LogP contribution in [0.25, 0.3) is 0 Å². The highest BCUT2D eigenvalue weighted by Crippen LogP contribution is 2.22. The van der Waals surface area contributed by atoms with Gasteiger partial charge in [0.15, 0.2) is 0 Å². The number of ether oxygens (including phenoxy) is 1. The van der Waals surface area contributed by atoms with E-state index >= 15 is 0 Å². The first-order valence-electron chi connectivity index (χ1n) is 8.82. The molecular weight excluding hydrogens is 385 g/mol. The maximum absolute atomic E-state index is 13.7. The summed E-state index contributed by atoms with van der Waals surface area (Å²) in [5, 5.41) is 0. The molecule has 0 aliphatic carbocycles. The second kappa shape index (κ2) is 8.57. The highest BCUT2D eigenvalue weighted by Gasteiger charge is 2.24. The van der Waals surface area contributed by atoms with Crippen LogP contribution in [0.15, 0.2) is 53.4 Å². The van der Waals surface area contributed by atoms with Crippen molar-refractivity contribution in [3.05, 3.63) is 54.3 Å². The lowest BCUT2D eigenvalue weighted by Gasteiger charge is -2.36. The zero-order valence-electron chi connectivity index (χ0n) is 15.5. The molecule has 2 aromatic rings. The summed E-state index contributed by atoms with van der Waals surface area (Å²) in [7, 11) is -2.47. The number of nitrogens with zero attached hydrogens (tertiary/aromatic N) is 2. The molecule has 1 fully saturated rings. The highest BCUT2D eigenvalue weighted by molar-refractivity contribution is 7.89. The third kappa shape index (κ3) is 4.60. The Kier molecular flexibility index (Phi) is 6.15. The summed E-state index contributed by atoms with van der Waals surface area (Å²) in [6.45, 7) is 1.78. The zero-order chi connectivity index (χ0) is 20.1. The fourth-order valence-corrected chi connectivity index (χ4v) is 4.08. The van der Waals surface area contributed by atoms with Gasteiger partial charge in [-0.15, -0.1) is 0 Å². The Morgan fingerprint density at radius 3 is 2.50 bits per heavy atom. The number of hydrogen-bond acceptors (Lipinski definition) is 5. The molecule has 1 amide bonds. The van der Waals surface area contributed by atoms with Gasteiger partial charge in [0, 0.05) is 37.9 Å². The lowest BCUT2D eigenvalue weighted by atomic mass is 10.2. The number of nitrogens with one attached hydrogen (secondary N) is 1. The number of hydrogen-bond donors (Lipinski definition) is 1. The number of sulfonamides is 1. The van der Waals surface area contributed by atoms with E-state index in [0.717, 1.165) is 23.6 Å². The van der Waals surface area contributed by atoms with Crippen LogP contribution >= 0.6 is 0 Å². The Hall–Kier alpha value is -2.65. The SMILES string of the molecule is COc1cccc(N2CCN(C(=O)CNS(=O)(=O)c3ccccc3F)CC2)c1. The lowest BCUT2D eigenvalue weighted by molar-refractivity contribution is -0.130. The number of amides is 1. The first-order chi connectivity index (χ1) is 13.4. The molecule has 2 aromatic carbocycles. The number of carbonyl (C=O) groups is 1. The average molecular weight is 407 g/mol. The summed E-state index contributed by atoms with van der Waals surface area (Å²) in [5.41, 5.74) is 1.01. The number of benzene rings is 2. The van der Waals surface area contributed by atoms with E-state index in [4.69, 9.17) is 4.74 Å². The zero-order valence-corrected chi connectivity index (χ0v) is 16.3. The van der Waals surface area contributed by atoms with Gasteiger partial charge in [-0.25, -0.2) is 17.5 Å². The number of halogens is 1. The molecule has 0 unspecified atom stereocenters. The number of methoxy groups -OCH3 is 1. The molecule has 1 saturated heterocycles. The predicted molar refractivity (Wildman–Crippen MR) is 103 cm³/mol. The fraction of sp³-hybridized carbons (Fsp3) is 0.316. The van der Waals surface area contributed by atoms with Crippen LogP contribution in [0.2, 0.25) is 0 Å². The Morgan fingerprint density at radius 2 is 1.82 bits per heavy atom. The van der Waals surface area contributed by atoms with Crippen LogP contribution in [-0.4, -0.2) is 59.1 Å². The number of carbonyl (C=O) groups excluding carboxylic acids is 1. The van der Waals surface area contributed by atoms with Crippen molar-refractivity contribution < 1.29 is 22.3 Å². The third-order valence-corrected chi connectivity index (χ3v) is 6.02. The van der Waals surface area contributed by atoms with Gasteiger partial charge in [0.1, 0.15) is 16.5 Å². The van der Waals surface area contributed by atoms with E-state index in [1.807, 2.05) is 24.3 Å². The summed E-state index contributed by atoms with van der Waals surface area (Å²) in [4.78, 5) is 15.6. The van der Waals surface area contributed by atoms with Gasteiger partial charge in [-0.1, -0.05) is 18.2 Å². The van der Waals surface area contributed by atoms with Gasteiger partial charge >= 0.3 is 0 Å². The molecule has 28 heavy (non-hydrogen) atoms. The van der Waals surface area contributed by atoms with Crippen molar-refractivity contribution in [2.45, 2.75) is 4.90 Å². The van der Waals surface area contributed by atoms with Gasteiger partial charge in [-0.05, 0) is 24.3 Å². The molecule has 9 heteroatoms. The smallest absolute Gasteiger partial charge is 0.243 e. The van der Waals surface area contributed by atoms with Crippen molar-refractivity contribution in [1.29, 1.82) is 0 Å². The van der Waals surface area contributed by atoms with Crippen molar-refractivity contribution in [3.8, 4) is 5.75 Å². The van der Waals surface area contributed by atoms with E-state index in [0.29, 0.717) is 26.2 Å². The highest BCUT2D eigenvalue weighted by atomic mass is 32.2. The Morgan fingerprint density at radius 1 is 1.11 bits per heavy atom. The van der Waals surface area contributed by atoms with E-state index in [1.54, 1.807) is 12.0 Å². The van der Waals surface area contributed by atoms with E-state index in [2.05, 4.69) is 9.62 Å². The van der Waals surface area contributed by atoms with Gasteiger partial charge in [0.25, 0.3) is 0 Å². The molecule has 150 valence electrons. The molecule has 3 rings (SSSR count). The molecular formula is C19H22FN3O4S. The topological polar surface area (TPSA) is 79.0 Å². The van der Waals surface area contributed by atoms with Gasteiger partial charge in [-0.2, -0.15) is 0 Å². The van der Waals surface area contributed by atoms with Crippen molar-refractivity contribution in [2.24, 2.45) is 0 Å². The maximum atomic E-state index is 13.7. The molecule has 0 saturated carbocycles. The monoisotopic (exact) mass is 407 g/mol. The number of rotatable bonds is 6. The molecule has 0 spiro atoms. The normalized spacial score (nSPS) is 14.8. The van der Waals surface area contributed by atoms with Crippen LogP contribution in [0.5, 0.6) is 5.75 Å². The minimum atomic E-state index is -4.08. The Balaban J connectivity index is 1.55. The first kappa shape index (κ1) is 20.1. The summed E-state index contributed by atoms with van der Waals surface area (Å²) in [6.07, 6.45) is 0. The van der Waals surface area contributed by atoms with Gasteiger partial charge in [0.05, 0.1) is 13.7 Å². The summed E-state index contributed by atoms with van der Waals surface area (Å²) >= 11 is 0. The van der Waals surface area contributed by atoms with E-state index < -0.39 is 27.3 Å². The number of anilines is 1. The second-order valence-corrected chi connectivity index (χ2v) is 8.06. The Bertz CT molecular complexity index is 944. The fourth-order valence-electron chi connectivity index (χ4n) is 3.03. The van der Waals surface area contributed by atoms with E-state index in [9.17, 15) is 17.6 Å². The maximum Gasteiger partial charge on any atom is 0.243 e. The average Bonchev–Trinajstić information content (AvgIpc) is 2.72. The molecule has 1 N–H and O–H groups in total. The molecule has 0 aromatic heterocycles. The van der Waals surface area contributed by atoms with Gasteiger partial charge < -0.3 is 14.5 Å². The minimum Gasteiger partial charge on any atom is -0.497 e. The van der Waals surface area contributed by atoms with E-state index in [-0.39, 0.29) is 5.91 Å². The summed E-state index contributed by atoms with van der Waals surface area (Å²) in [5.74, 6) is -0.432.